The van der Waals surface area contributed by atoms with Gasteiger partial charge in [0.2, 0.25) is 11.8 Å². The number of carbonyl (C=O) groups is 2. The van der Waals surface area contributed by atoms with Crippen molar-refractivity contribution in [3.63, 3.8) is 0 Å². The Kier molecular flexibility index (Phi) is 4.04. The zero-order chi connectivity index (χ0) is 13.8. The number of hydrogen-bond acceptors (Lipinski definition) is 3. The van der Waals surface area contributed by atoms with Gasteiger partial charge in [0.05, 0.1) is 0 Å². The normalized spacial score (nSPS) is 18.1. The molecule has 102 valence electrons. The molecule has 2 atom stereocenters. The van der Waals surface area contributed by atoms with E-state index < -0.39 is 6.04 Å². The molecule has 1 aliphatic heterocycles. The van der Waals surface area contributed by atoms with E-state index in [0.717, 1.165) is 12.2 Å². The van der Waals surface area contributed by atoms with Crippen molar-refractivity contribution in [1.82, 2.24) is 10.6 Å². The highest BCUT2D eigenvalue weighted by molar-refractivity contribution is 5.86. The van der Waals surface area contributed by atoms with Gasteiger partial charge in [-0.25, -0.2) is 0 Å². The molecule has 1 heterocycles. The highest BCUT2D eigenvalue weighted by Crippen LogP contribution is 2.33. The zero-order valence-electron chi connectivity index (χ0n) is 11.2. The number of nitrogens with one attached hydrogen (secondary N) is 3. The fourth-order valence-electron chi connectivity index (χ4n) is 2.50. The molecule has 0 aliphatic carbocycles. The Morgan fingerprint density at radius 1 is 1.42 bits per heavy atom. The maximum absolute atomic E-state index is 11.8. The van der Waals surface area contributed by atoms with Crippen LogP contribution < -0.4 is 16.0 Å². The number of carbonyl (C=O) groups excluding carboxylic acids is 2. The number of benzene rings is 1. The summed E-state index contributed by atoms with van der Waals surface area (Å²) in [7, 11) is 1.58. The molecule has 0 saturated carbocycles. The zero-order valence-corrected chi connectivity index (χ0v) is 11.2. The summed E-state index contributed by atoms with van der Waals surface area (Å²) in [5.74, 6) is -0.0993. The molecule has 1 unspecified atom stereocenters. The van der Waals surface area contributed by atoms with E-state index in [9.17, 15) is 9.59 Å². The maximum atomic E-state index is 11.8. The van der Waals surface area contributed by atoms with Crippen molar-refractivity contribution >= 4 is 17.5 Å². The molecule has 5 nitrogen and oxygen atoms in total. The van der Waals surface area contributed by atoms with E-state index in [0.29, 0.717) is 6.42 Å². The second kappa shape index (κ2) is 5.73. The van der Waals surface area contributed by atoms with Gasteiger partial charge in [0.25, 0.3) is 0 Å². The van der Waals surface area contributed by atoms with E-state index >= 15 is 0 Å². The Balaban J connectivity index is 2.10. The molecule has 0 saturated heterocycles. The van der Waals surface area contributed by atoms with Crippen LogP contribution >= 0.6 is 0 Å². The highest BCUT2D eigenvalue weighted by atomic mass is 16.2. The van der Waals surface area contributed by atoms with Crippen molar-refractivity contribution in [2.75, 3.05) is 18.9 Å². The lowest BCUT2D eigenvalue weighted by molar-refractivity contribution is -0.128. The Hall–Kier alpha value is -2.04. The average molecular weight is 261 g/mol. The van der Waals surface area contributed by atoms with E-state index in [1.54, 1.807) is 7.05 Å². The molecule has 0 spiro atoms. The minimum Gasteiger partial charge on any atom is -0.384 e. The molecule has 1 aromatic carbocycles. The summed E-state index contributed by atoms with van der Waals surface area (Å²) in [4.78, 5) is 23.0. The summed E-state index contributed by atoms with van der Waals surface area (Å²) in [6.07, 6.45) is 0.600. The third-order valence-corrected chi connectivity index (χ3v) is 3.40. The van der Waals surface area contributed by atoms with E-state index in [1.807, 2.05) is 18.2 Å². The summed E-state index contributed by atoms with van der Waals surface area (Å²) in [5.41, 5.74) is 2.33. The highest BCUT2D eigenvalue weighted by Gasteiger charge is 2.28. The van der Waals surface area contributed by atoms with Crippen LogP contribution in [0.4, 0.5) is 5.69 Å². The number of anilines is 1. The first-order valence-corrected chi connectivity index (χ1v) is 6.43. The molecule has 2 amide bonds. The predicted molar refractivity (Wildman–Crippen MR) is 74.0 cm³/mol. The average Bonchev–Trinajstić information content (AvgIpc) is 2.80. The molecule has 1 aromatic rings. The predicted octanol–water partition coefficient (Wildman–Crippen LogP) is 0.836. The second-order valence-electron chi connectivity index (χ2n) is 4.77. The summed E-state index contributed by atoms with van der Waals surface area (Å²) in [5, 5.41) is 8.63. The van der Waals surface area contributed by atoms with Crippen molar-refractivity contribution in [2.45, 2.75) is 25.3 Å². The van der Waals surface area contributed by atoms with E-state index in [2.05, 4.69) is 22.0 Å². The Morgan fingerprint density at radius 3 is 2.84 bits per heavy atom. The van der Waals surface area contributed by atoms with Crippen molar-refractivity contribution in [2.24, 2.45) is 0 Å². The molecule has 0 bridgehead atoms. The third kappa shape index (κ3) is 3.05. The molecule has 2 rings (SSSR count). The van der Waals surface area contributed by atoms with Crippen LogP contribution in [-0.4, -0.2) is 31.4 Å². The van der Waals surface area contributed by atoms with Crippen molar-refractivity contribution < 1.29 is 9.59 Å². The standard InChI is InChI=1S/C14H19N3O2/c1-9(18)17-13(14(19)15-2)7-10-8-16-12-6-4-3-5-11(10)12/h3-6,10,13,16H,7-8H2,1-2H3,(H,15,19)(H,17,18)/t10-,13?/m0/s1. The molecule has 1 aliphatic rings. The van der Waals surface area contributed by atoms with Crippen LogP contribution in [0.5, 0.6) is 0 Å². The maximum Gasteiger partial charge on any atom is 0.242 e. The summed E-state index contributed by atoms with van der Waals surface area (Å²) in [6.45, 7) is 2.23. The lowest BCUT2D eigenvalue weighted by atomic mass is 9.93. The van der Waals surface area contributed by atoms with Crippen molar-refractivity contribution in [3.05, 3.63) is 29.8 Å². The first-order valence-electron chi connectivity index (χ1n) is 6.43. The minimum absolute atomic E-state index is 0.153. The molecule has 0 radical (unpaired) electrons. The van der Waals surface area contributed by atoms with Gasteiger partial charge in [-0.1, -0.05) is 18.2 Å². The van der Waals surface area contributed by atoms with E-state index in [-0.39, 0.29) is 17.7 Å². The third-order valence-electron chi connectivity index (χ3n) is 3.40. The van der Waals surface area contributed by atoms with Gasteiger partial charge in [-0.05, 0) is 18.1 Å². The number of rotatable bonds is 4. The van der Waals surface area contributed by atoms with Gasteiger partial charge < -0.3 is 16.0 Å². The fraction of sp³-hybridized carbons (Fsp3) is 0.429. The number of fused-ring (bicyclic) bond motifs is 1. The van der Waals surface area contributed by atoms with Gasteiger partial charge in [-0.2, -0.15) is 0 Å². The topological polar surface area (TPSA) is 70.2 Å². The minimum atomic E-state index is -0.486. The lowest BCUT2D eigenvalue weighted by Gasteiger charge is -2.20. The van der Waals surface area contributed by atoms with Crippen LogP contribution in [0.3, 0.4) is 0 Å². The molecule has 5 heteroatoms. The van der Waals surface area contributed by atoms with Crippen LogP contribution in [0.1, 0.15) is 24.8 Å². The molecule has 3 N–H and O–H groups in total. The van der Waals surface area contributed by atoms with Crippen LogP contribution in [0.25, 0.3) is 0 Å². The van der Waals surface area contributed by atoms with Gasteiger partial charge in [0.15, 0.2) is 0 Å². The smallest absolute Gasteiger partial charge is 0.242 e. The number of amides is 2. The van der Waals surface area contributed by atoms with Crippen LogP contribution in [0.2, 0.25) is 0 Å². The Labute approximate surface area is 112 Å². The van der Waals surface area contributed by atoms with Gasteiger partial charge in [0, 0.05) is 32.1 Å². The van der Waals surface area contributed by atoms with Crippen LogP contribution in [-0.2, 0) is 9.59 Å². The largest absolute Gasteiger partial charge is 0.384 e. The SMILES string of the molecule is CNC(=O)C(C[C@H]1CNc2ccccc21)NC(C)=O. The van der Waals surface area contributed by atoms with E-state index in [1.165, 1.54) is 12.5 Å². The first-order chi connectivity index (χ1) is 9.11. The Morgan fingerprint density at radius 2 is 2.16 bits per heavy atom. The van der Waals surface area contributed by atoms with Crippen molar-refractivity contribution in [3.8, 4) is 0 Å². The molecule has 19 heavy (non-hydrogen) atoms. The fourth-order valence-corrected chi connectivity index (χ4v) is 2.50. The van der Waals surface area contributed by atoms with E-state index in [4.69, 9.17) is 0 Å². The van der Waals surface area contributed by atoms with Gasteiger partial charge >= 0.3 is 0 Å². The first kappa shape index (κ1) is 13.4. The summed E-state index contributed by atoms with van der Waals surface area (Å²) in [6, 6.07) is 7.59. The number of likely N-dealkylation sites (N-methyl/N-ethyl adjacent to an activating group) is 1. The van der Waals surface area contributed by atoms with Crippen molar-refractivity contribution in [1.29, 1.82) is 0 Å². The Bertz CT molecular complexity index is 487. The van der Waals surface area contributed by atoms with Gasteiger partial charge in [0.1, 0.15) is 6.04 Å². The lowest BCUT2D eigenvalue weighted by Crippen LogP contribution is -2.45. The quantitative estimate of drug-likeness (QED) is 0.752. The van der Waals surface area contributed by atoms with Gasteiger partial charge in [-0.15, -0.1) is 0 Å². The monoisotopic (exact) mass is 261 g/mol. The van der Waals surface area contributed by atoms with Gasteiger partial charge in [-0.3, -0.25) is 9.59 Å². The molecule has 0 fully saturated rings. The number of hydrogen-bond donors (Lipinski definition) is 3. The molecule has 0 aromatic heterocycles. The summed E-state index contributed by atoms with van der Waals surface area (Å²) < 4.78 is 0. The second-order valence-corrected chi connectivity index (χ2v) is 4.77. The molecular formula is C14H19N3O2. The van der Waals surface area contributed by atoms with Crippen LogP contribution in [0.15, 0.2) is 24.3 Å². The summed E-state index contributed by atoms with van der Waals surface area (Å²) >= 11 is 0. The number of para-hydroxylation sites is 1. The molecular weight excluding hydrogens is 242 g/mol. The van der Waals surface area contributed by atoms with Crippen LogP contribution in [0, 0.1) is 0 Å².